The summed E-state index contributed by atoms with van der Waals surface area (Å²) in [5, 5.41) is 6.72. The van der Waals surface area contributed by atoms with Crippen molar-refractivity contribution in [3.63, 3.8) is 0 Å². The first-order chi connectivity index (χ1) is 9.76. The van der Waals surface area contributed by atoms with Gasteiger partial charge < -0.3 is 10.6 Å². The van der Waals surface area contributed by atoms with Gasteiger partial charge in [0.25, 0.3) is 0 Å². The van der Waals surface area contributed by atoms with Crippen molar-refractivity contribution < 1.29 is 0 Å². The fourth-order valence-electron chi connectivity index (χ4n) is 2.05. The Balaban J connectivity index is 2.25. The van der Waals surface area contributed by atoms with Gasteiger partial charge in [-0.3, -0.25) is 9.98 Å². The lowest BCUT2D eigenvalue weighted by Crippen LogP contribution is -2.41. The largest absolute Gasteiger partial charge is 0.354 e. The molecule has 0 radical (unpaired) electrons. The number of hydrogen-bond donors (Lipinski definition) is 2. The quantitative estimate of drug-likeness (QED) is 0.436. The Morgan fingerprint density at radius 3 is 2.80 bits per heavy atom. The second-order valence-electron chi connectivity index (χ2n) is 5.14. The maximum Gasteiger partial charge on any atom is 0.191 e. The number of unbranched alkanes of at least 4 members (excludes halogenated alkanes) is 3. The van der Waals surface area contributed by atoms with Crippen molar-refractivity contribution in [1.82, 2.24) is 15.6 Å². The van der Waals surface area contributed by atoms with Gasteiger partial charge in [-0.25, -0.2) is 0 Å². The molecule has 4 nitrogen and oxygen atoms in total. The molecule has 0 aliphatic heterocycles. The standard InChI is InChI=1S/C16H28N4/c1-4-5-6-7-10-14(2)20-16(17-3)19-13-15-11-8-9-12-18-15/h8-9,11-12,14H,4-7,10,13H2,1-3H3,(H2,17,19,20). The molecular weight excluding hydrogens is 248 g/mol. The van der Waals surface area contributed by atoms with Crippen LogP contribution in [0.4, 0.5) is 0 Å². The zero-order valence-electron chi connectivity index (χ0n) is 13.0. The molecule has 0 fully saturated rings. The van der Waals surface area contributed by atoms with Crippen LogP contribution in [0.2, 0.25) is 0 Å². The van der Waals surface area contributed by atoms with E-state index in [0.717, 1.165) is 11.7 Å². The Labute approximate surface area is 123 Å². The number of hydrogen-bond acceptors (Lipinski definition) is 2. The van der Waals surface area contributed by atoms with Crippen molar-refractivity contribution in [2.45, 2.75) is 58.5 Å². The minimum absolute atomic E-state index is 0.446. The van der Waals surface area contributed by atoms with Crippen molar-refractivity contribution in [3.8, 4) is 0 Å². The molecule has 1 heterocycles. The van der Waals surface area contributed by atoms with Gasteiger partial charge in [-0.15, -0.1) is 0 Å². The van der Waals surface area contributed by atoms with E-state index in [0.29, 0.717) is 12.6 Å². The molecule has 0 saturated heterocycles. The minimum Gasteiger partial charge on any atom is -0.354 e. The number of aliphatic imine (C=N–C) groups is 1. The second-order valence-corrected chi connectivity index (χ2v) is 5.14. The van der Waals surface area contributed by atoms with E-state index in [4.69, 9.17) is 0 Å². The van der Waals surface area contributed by atoms with Crippen LogP contribution < -0.4 is 10.6 Å². The molecule has 0 amide bonds. The first-order valence-corrected chi connectivity index (χ1v) is 7.63. The van der Waals surface area contributed by atoms with Crippen LogP contribution in [-0.2, 0) is 6.54 Å². The smallest absolute Gasteiger partial charge is 0.191 e. The summed E-state index contributed by atoms with van der Waals surface area (Å²) >= 11 is 0. The Bertz CT molecular complexity index is 375. The molecule has 20 heavy (non-hydrogen) atoms. The Morgan fingerprint density at radius 1 is 1.30 bits per heavy atom. The average Bonchev–Trinajstić information content (AvgIpc) is 2.49. The van der Waals surface area contributed by atoms with Gasteiger partial charge in [0.05, 0.1) is 12.2 Å². The molecule has 1 aromatic rings. The highest BCUT2D eigenvalue weighted by Crippen LogP contribution is 2.05. The monoisotopic (exact) mass is 276 g/mol. The second kappa shape index (κ2) is 10.2. The van der Waals surface area contributed by atoms with Crippen molar-refractivity contribution in [3.05, 3.63) is 30.1 Å². The van der Waals surface area contributed by atoms with E-state index in [-0.39, 0.29) is 0 Å². The highest BCUT2D eigenvalue weighted by Gasteiger charge is 2.05. The van der Waals surface area contributed by atoms with Crippen LogP contribution in [-0.4, -0.2) is 24.0 Å². The number of nitrogens with zero attached hydrogens (tertiary/aromatic N) is 2. The van der Waals surface area contributed by atoms with Gasteiger partial charge in [0.1, 0.15) is 0 Å². The van der Waals surface area contributed by atoms with Crippen molar-refractivity contribution in [2.75, 3.05) is 7.05 Å². The molecule has 0 saturated carbocycles. The van der Waals surface area contributed by atoms with E-state index < -0.39 is 0 Å². The summed E-state index contributed by atoms with van der Waals surface area (Å²) in [5.41, 5.74) is 1.02. The lowest BCUT2D eigenvalue weighted by Gasteiger charge is -2.17. The summed E-state index contributed by atoms with van der Waals surface area (Å²) < 4.78 is 0. The number of guanidine groups is 1. The number of pyridine rings is 1. The van der Waals surface area contributed by atoms with Crippen LogP contribution in [0, 0.1) is 0 Å². The molecule has 1 atom stereocenters. The molecular formula is C16H28N4. The summed E-state index contributed by atoms with van der Waals surface area (Å²) in [5.74, 6) is 0.846. The zero-order chi connectivity index (χ0) is 14.6. The Kier molecular flexibility index (Phi) is 8.43. The highest BCUT2D eigenvalue weighted by atomic mass is 15.2. The van der Waals surface area contributed by atoms with E-state index in [1.807, 2.05) is 24.4 Å². The first kappa shape index (κ1) is 16.5. The number of nitrogens with one attached hydrogen (secondary N) is 2. The topological polar surface area (TPSA) is 49.3 Å². The van der Waals surface area contributed by atoms with Gasteiger partial charge in [0.2, 0.25) is 0 Å². The van der Waals surface area contributed by atoms with Crippen LogP contribution in [0.1, 0.15) is 51.6 Å². The third-order valence-electron chi connectivity index (χ3n) is 3.26. The van der Waals surface area contributed by atoms with Gasteiger partial charge in [0, 0.05) is 19.3 Å². The third-order valence-corrected chi connectivity index (χ3v) is 3.26. The summed E-state index contributed by atoms with van der Waals surface area (Å²) in [7, 11) is 1.80. The summed E-state index contributed by atoms with van der Waals surface area (Å²) in [6.45, 7) is 5.15. The van der Waals surface area contributed by atoms with Gasteiger partial charge in [-0.1, -0.05) is 38.7 Å². The minimum atomic E-state index is 0.446. The van der Waals surface area contributed by atoms with E-state index in [1.54, 1.807) is 7.05 Å². The molecule has 0 aliphatic rings. The van der Waals surface area contributed by atoms with E-state index >= 15 is 0 Å². The fraction of sp³-hybridized carbons (Fsp3) is 0.625. The Hall–Kier alpha value is -1.58. The molecule has 1 aromatic heterocycles. The van der Waals surface area contributed by atoms with Gasteiger partial charge >= 0.3 is 0 Å². The molecule has 0 aliphatic carbocycles. The van der Waals surface area contributed by atoms with E-state index in [2.05, 4.69) is 34.5 Å². The molecule has 0 aromatic carbocycles. The van der Waals surface area contributed by atoms with Crippen LogP contribution in [0.3, 0.4) is 0 Å². The molecule has 112 valence electrons. The maximum absolute atomic E-state index is 4.29. The maximum atomic E-state index is 4.29. The summed E-state index contributed by atoms with van der Waals surface area (Å²) in [6.07, 6.45) is 8.21. The van der Waals surface area contributed by atoms with Gasteiger partial charge in [-0.05, 0) is 25.5 Å². The van der Waals surface area contributed by atoms with Crippen LogP contribution in [0.25, 0.3) is 0 Å². The third kappa shape index (κ3) is 7.12. The average molecular weight is 276 g/mol. The summed E-state index contributed by atoms with van der Waals surface area (Å²) in [6, 6.07) is 6.38. The normalized spacial score (nSPS) is 13.1. The highest BCUT2D eigenvalue weighted by molar-refractivity contribution is 5.79. The molecule has 2 N–H and O–H groups in total. The van der Waals surface area contributed by atoms with Crippen molar-refractivity contribution >= 4 is 5.96 Å². The van der Waals surface area contributed by atoms with Gasteiger partial charge in [0.15, 0.2) is 5.96 Å². The van der Waals surface area contributed by atoms with Crippen LogP contribution in [0.5, 0.6) is 0 Å². The van der Waals surface area contributed by atoms with Crippen molar-refractivity contribution in [2.24, 2.45) is 4.99 Å². The summed E-state index contributed by atoms with van der Waals surface area (Å²) in [4.78, 5) is 8.54. The predicted octanol–water partition coefficient (Wildman–Crippen LogP) is 3.11. The Morgan fingerprint density at radius 2 is 2.15 bits per heavy atom. The lowest BCUT2D eigenvalue weighted by molar-refractivity contribution is 0.537. The van der Waals surface area contributed by atoms with Crippen molar-refractivity contribution in [1.29, 1.82) is 0 Å². The molecule has 0 bridgehead atoms. The molecule has 1 rings (SSSR count). The molecule has 1 unspecified atom stereocenters. The van der Waals surface area contributed by atoms with Crippen LogP contribution in [0.15, 0.2) is 29.4 Å². The lowest BCUT2D eigenvalue weighted by atomic mass is 10.1. The van der Waals surface area contributed by atoms with E-state index in [9.17, 15) is 0 Å². The number of rotatable bonds is 8. The SMILES string of the molecule is CCCCCCC(C)NC(=NC)NCc1ccccn1. The van der Waals surface area contributed by atoms with Gasteiger partial charge in [-0.2, -0.15) is 0 Å². The molecule has 4 heteroatoms. The first-order valence-electron chi connectivity index (χ1n) is 7.63. The molecule has 0 spiro atoms. The number of aromatic nitrogens is 1. The fourth-order valence-corrected chi connectivity index (χ4v) is 2.05. The zero-order valence-corrected chi connectivity index (χ0v) is 13.0. The predicted molar refractivity (Wildman–Crippen MR) is 85.8 cm³/mol. The van der Waals surface area contributed by atoms with E-state index in [1.165, 1.54) is 32.1 Å². The van der Waals surface area contributed by atoms with Crippen LogP contribution >= 0.6 is 0 Å².